The molecule has 0 atom stereocenters. The van der Waals surface area contributed by atoms with E-state index < -0.39 is 15.8 Å². The van der Waals surface area contributed by atoms with E-state index in [-0.39, 0.29) is 0 Å². The zero-order chi connectivity index (χ0) is 38.2. The summed E-state index contributed by atoms with van der Waals surface area (Å²) < 4.78 is 21.3. The predicted molar refractivity (Wildman–Crippen MR) is 248 cm³/mol. The van der Waals surface area contributed by atoms with Crippen molar-refractivity contribution in [3.63, 3.8) is 0 Å². The summed E-state index contributed by atoms with van der Waals surface area (Å²) in [6.45, 7) is 0. The van der Waals surface area contributed by atoms with Crippen LogP contribution in [0.1, 0.15) is 5.56 Å². The Morgan fingerprint density at radius 2 is 0.776 bits per heavy atom. The van der Waals surface area contributed by atoms with Gasteiger partial charge in [-0.05, 0) is 84.5 Å². The van der Waals surface area contributed by atoms with Crippen LogP contribution in [-0.2, 0) is 6.16 Å². The van der Waals surface area contributed by atoms with E-state index in [2.05, 4.69) is 194 Å². The third-order valence-corrected chi connectivity index (χ3v) is 15.0. The largest absolute Gasteiger partial charge is 0.445 e. The van der Waals surface area contributed by atoms with E-state index in [4.69, 9.17) is 12.9 Å². The Bertz CT molecular complexity index is 3460. The van der Waals surface area contributed by atoms with Crippen LogP contribution in [0.5, 0.6) is 5.75 Å². The van der Waals surface area contributed by atoms with E-state index in [0.717, 1.165) is 55.2 Å². The Labute approximate surface area is 336 Å². The molecule has 0 radical (unpaired) electrons. The maximum Gasteiger partial charge on any atom is 0.221 e. The van der Waals surface area contributed by atoms with Crippen LogP contribution < -0.4 is 4.52 Å². The van der Waals surface area contributed by atoms with Gasteiger partial charge in [-0.25, -0.2) is 0 Å². The molecular weight excluding hydrogens is 747 g/mol. The molecule has 2 aromatic heterocycles. The molecule has 0 amide bonds. The molecule has 3 nitrogen and oxygen atoms in total. The van der Waals surface area contributed by atoms with Crippen molar-refractivity contribution in [3.05, 3.63) is 200 Å². The van der Waals surface area contributed by atoms with Crippen molar-refractivity contribution in [2.45, 2.75) is 6.16 Å². The molecule has 5 heteroatoms. The lowest BCUT2D eigenvalue weighted by Crippen LogP contribution is -1.90. The van der Waals surface area contributed by atoms with E-state index in [1.54, 1.807) is 0 Å². The highest BCUT2D eigenvalue weighted by Gasteiger charge is 2.21. The van der Waals surface area contributed by atoms with Crippen LogP contribution >= 0.6 is 15.8 Å². The lowest BCUT2D eigenvalue weighted by Gasteiger charge is -2.15. The molecule has 0 N–H and O–H groups in total. The van der Waals surface area contributed by atoms with Gasteiger partial charge in [0.05, 0.1) is 13.9 Å². The van der Waals surface area contributed by atoms with Crippen molar-refractivity contribution in [2.24, 2.45) is 0 Å². The topological polar surface area (TPSA) is 35.5 Å². The van der Waals surface area contributed by atoms with Crippen molar-refractivity contribution in [2.75, 3.05) is 0 Å². The smallest absolute Gasteiger partial charge is 0.221 e. The Balaban J connectivity index is 1.03. The highest BCUT2D eigenvalue weighted by Crippen LogP contribution is 2.55. The van der Waals surface area contributed by atoms with Crippen LogP contribution in [0.15, 0.2) is 203 Å². The fourth-order valence-electron chi connectivity index (χ4n) is 9.01. The minimum Gasteiger partial charge on any atom is -0.445 e. The number of rotatable bonds is 5. The molecule has 0 bridgehead atoms. The molecule has 58 heavy (non-hydrogen) atoms. The first-order valence-corrected chi connectivity index (χ1v) is 22.3. The summed E-state index contributed by atoms with van der Waals surface area (Å²) in [5.74, 6) is 0.866. The lowest BCUT2D eigenvalue weighted by atomic mass is 9.99. The third-order valence-electron chi connectivity index (χ3n) is 11.6. The van der Waals surface area contributed by atoms with Gasteiger partial charge in [0.25, 0.3) is 0 Å². The first-order valence-electron chi connectivity index (χ1n) is 19.6. The van der Waals surface area contributed by atoms with Gasteiger partial charge in [0.2, 0.25) is 8.01 Å². The summed E-state index contributed by atoms with van der Waals surface area (Å²) in [6, 6.07) is 69.3. The van der Waals surface area contributed by atoms with E-state index in [1.807, 2.05) is 0 Å². The van der Waals surface area contributed by atoms with Crippen LogP contribution in [0.25, 0.3) is 97.2 Å². The molecule has 0 saturated carbocycles. The minimum absolute atomic E-state index is 0.594. The van der Waals surface area contributed by atoms with Crippen LogP contribution in [-0.4, -0.2) is 0 Å². The summed E-state index contributed by atoms with van der Waals surface area (Å²) in [6.07, 6.45) is 0.594. The third kappa shape index (κ3) is 5.29. The van der Waals surface area contributed by atoms with Gasteiger partial charge in [-0.1, -0.05) is 164 Å². The van der Waals surface area contributed by atoms with Crippen LogP contribution in [0.2, 0.25) is 0 Å². The van der Waals surface area contributed by atoms with Crippen LogP contribution in [0.4, 0.5) is 0 Å². The number of hydrogen-bond donors (Lipinski definition) is 0. The molecule has 12 rings (SSSR count). The molecule has 2 heterocycles. The van der Waals surface area contributed by atoms with Gasteiger partial charge in [0.1, 0.15) is 16.9 Å². The SMILES string of the molecule is c1ccc(-c2ccccc2Op2c3ccc4ccccc4c3c3c4ccccc4ccc32)c(Cp2oc3ccc4ccccc4c3c3c(ccc4ccccc43)o2)c1. The number of benzene rings is 10. The molecule has 0 fully saturated rings. The van der Waals surface area contributed by atoms with Gasteiger partial charge < -0.3 is 12.9 Å². The Morgan fingerprint density at radius 3 is 1.31 bits per heavy atom. The van der Waals surface area contributed by atoms with Gasteiger partial charge in [0.15, 0.2) is 0 Å². The Hall–Kier alpha value is -6.76. The van der Waals surface area contributed by atoms with Gasteiger partial charge >= 0.3 is 0 Å². The Morgan fingerprint density at radius 1 is 0.362 bits per heavy atom. The van der Waals surface area contributed by atoms with Crippen molar-refractivity contribution >= 4 is 102 Å². The summed E-state index contributed by atoms with van der Waals surface area (Å²) in [5, 5.41) is 16.9. The fourth-order valence-corrected chi connectivity index (χ4v) is 12.6. The minimum atomic E-state index is -1.43. The van der Waals surface area contributed by atoms with Gasteiger partial charge in [-0.3, -0.25) is 0 Å². The maximum atomic E-state index is 7.36. The Kier molecular flexibility index (Phi) is 7.73. The maximum absolute atomic E-state index is 7.36. The van der Waals surface area contributed by atoms with E-state index in [9.17, 15) is 0 Å². The molecule has 0 aliphatic carbocycles. The average molecular weight is 781 g/mol. The molecule has 0 saturated heterocycles. The zero-order valence-corrected chi connectivity index (χ0v) is 33.1. The zero-order valence-electron chi connectivity index (χ0n) is 31.3. The highest BCUT2D eigenvalue weighted by atomic mass is 31.1. The predicted octanol–water partition coefficient (Wildman–Crippen LogP) is 16.8. The van der Waals surface area contributed by atoms with Gasteiger partial charge in [-0.2, -0.15) is 0 Å². The first kappa shape index (κ1) is 33.4. The lowest BCUT2D eigenvalue weighted by molar-refractivity contribution is 0.637. The highest BCUT2D eigenvalue weighted by molar-refractivity contribution is 7.57. The van der Waals surface area contributed by atoms with Crippen molar-refractivity contribution in [3.8, 4) is 16.9 Å². The standard InChI is InChI=1S/C53H34O3P2/c1-7-19-40-34(13-1)25-29-46-50(40)51-41-20-8-2-14-35(41)26-30-47(51)55-57(54-46)33-38-17-5-6-18-39(38)44-23-11-12-24-45(44)56-58-48-31-27-36-15-3-9-21-42(36)52(48)53-43-22-10-4-16-37(43)28-32-49(53)58/h1-32H,33H2. The van der Waals surface area contributed by atoms with Crippen molar-refractivity contribution < 1.29 is 12.9 Å². The summed E-state index contributed by atoms with van der Waals surface area (Å²) >= 11 is 0. The van der Waals surface area contributed by atoms with Gasteiger partial charge in [-0.15, -0.1) is 0 Å². The quantitative estimate of drug-likeness (QED) is 0.174. The summed E-state index contributed by atoms with van der Waals surface area (Å²) in [4.78, 5) is 0. The summed E-state index contributed by atoms with van der Waals surface area (Å²) in [7, 11) is -2.60. The normalized spacial score (nSPS) is 11.9. The summed E-state index contributed by atoms with van der Waals surface area (Å²) in [5.41, 5.74) is 5.01. The molecular formula is C53H34O3P2. The molecule has 274 valence electrons. The number of para-hydroxylation sites is 1. The number of fused-ring (bicyclic) bond motifs is 14. The second-order valence-electron chi connectivity index (χ2n) is 14.9. The number of hydrogen-bond acceptors (Lipinski definition) is 3. The molecule has 0 unspecified atom stereocenters. The molecule has 12 aromatic rings. The van der Waals surface area contributed by atoms with E-state index in [0.29, 0.717) is 6.16 Å². The van der Waals surface area contributed by atoms with Crippen LogP contribution in [0, 0.1) is 0 Å². The fraction of sp³-hybridized carbons (Fsp3) is 0.0189. The monoisotopic (exact) mass is 780 g/mol. The molecule has 0 aliphatic heterocycles. The van der Waals surface area contributed by atoms with Crippen molar-refractivity contribution in [1.82, 2.24) is 0 Å². The second-order valence-corrected chi connectivity index (χ2v) is 18.0. The van der Waals surface area contributed by atoms with E-state index >= 15 is 0 Å². The van der Waals surface area contributed by atoms with Crippen molar-refractivity contribution in [1.29, 1.82) is 0 Å². The van der Waals surface area contributed by atoms with Gasteiger partial charge in [0, 0.05) is 37.3 Å². The molecule has 0 spiro atoms. The van der Waals surface area contributed by atoms with E-state index in [1.165, 1.54) is 53.3 Å². The average Bonchev–Trinajstić information content (AvgIpc) is 3.50. The first-order chi connectivity index (χ1) is 28.8. The molecule has 0 aliphatic rings. The molecule has 10 aromatic carbocycles. The van der Waals surface area contributed by atoms with Crippen LogP contribution in [0.3, 0.4) is 0 Å². The second kappa shape index (κ2) is 13.4.